The maximum Gasteiger partial charge on any atom is 0.0697 e. The molecular weight excluding hydrogens is 248 g/mol. The van der Waals surface area contributed by atoms with Gasteiger partial charge in [0.1, 0.15) is 0 Å². The van der Waals surface area contributed by atoms with Gasteiger partial charge in [0.25, 0.3) is 0 Å². The van der Waals surface area contributed by atoms with Gasteiger partial charge in [-0.15, -0.1) is 0 Å². The zero-order valence-electron chi connectivity index (χ0n) is 13.2. The number of rotatable bonds is 3. The van der Waals surface area contributed by atoms with Crippen LogP contribution in [0.15, 0.2) is 0 Å². The summed E-state index contributed by atoms with van der Waals surface area (Å²) in [4.78, 5) is 2.65. The Labute approximate surface area is 124 Å². The Bertz CT molecular complexity index is 290. The molecule has 2 aliphatic heterocycles. The van der Waals surface area contributed by atoms with Crippen molar-refractivity contribution in [2.45, 2.75) is 69.4 Å². The van der Waals surface area contributed by atoms with Crippen molar-refractivity contribution in [1.82, 2.24) is 10.2 Å². The molecular formula is C17H32N2O. The molecule has 1 saturated carbocycles. The molecule has 0 radical (unpaired) electrons. The maximum atomic E-state index is 6.24. The van der Waals surface area contributed by atoms with E-state index in [-0.39, 0.29) is 5.60 Å². The first-order valence-electron chi connectivity index (χ1n) is 8.82. The van der Waals surface area contributed by atoms with Crippen molar-refractivity contribution in [2.75, 3.05) is 33.3 Å². The molecule has 1 aliphatic carbocycles. The Morgan fingerprint density at radius 3 is 2.75 bits per heavy atom. The van der Waals surface area contributed by atoms with Gasteiger partial charge in [0.2, 0.25) is 0 Å². The molecule has 2 saturated heterocycles. The lowest BCUT2D eigenvalue weighted by Gasteiger charge is -2.46. The molecule has 0 aromatic rings. The molecule has 0 amide bonds. The SMILES string of the molecule is CN(CC1CCCNC1)C1CCOC2(CCCCC2)C1. The van der Waals surface area contributed by atoms with E-state index in [1.807, 2.05) is 0 Å². The summed E-state index contributed by atoms with van der Waals surface area (Å²) in [5.74, 6) is 0.860. The van der Waals surface area contributed by atoms with Gasteiger partial charge in [-0.25, -0.2) is 0 Å². The monoisotopic (exact) mass is 280 g/mol. The molecule has 3 heteroatoms. The largest absolute Gasteiger partial charge is 0.375 e. The second-order valence-corrected chi connectivity index (χ2v) is 7.39. The number of ether oxygens (including phenoxy) is 1. The Hall–Kier alpha value is -0.120. The first kappa shape index (κ1) is 14.8. The van der Waals surface area contributed by atoms with Crippen molar-refractivity contribution in [2.24, 2.45) is 5.92 Å². The lowest BCUT2D eigenvalue weighted by atomic mass is 9.78. The van der Waals surface area contributed by atoms with Gasteiger partial charge in [0, 0.05) is 19.2 Å². The van der Waals surface area contributed by atoms with Crippen LogP contribution in [-0.4, -0.2) is 49.8 Å². The highest BCUT2D eigenvalue weighted by Crippen LogP contribution is 2.39. The van der Waals surface area contributed by atoms with Crippen molar-refractivity contribution in [1.29, 1.82) is 0 Å². The van der Waals surface area contributed by atoms with E-state index in [4.69, 9.17) is 4.74 Å². The van der Waals surface area contributed by atoms with Crippen LogP contribution in [0.1, 0.15) is 57.8 Å². The Kier molecular flexibility index (Phi) is 5.00. The fraction of sp³-hybridized carbons (Fsp3) is 1.00. The topological polar surface area (TPSA) is 24.5 Å². The van der Waals surface area contributed by atoms with Crippen LogP contribution in [0.5, 0.6) is 0 Å². The molecule has 3 aliphatic rings. The molecule has 2 atom stereocenters. The number of hydrogen-bond donors (Lipinski definition) is 1. The predicted molar refractivity (Wildman–Crippen MR) is 83.0 cm³/mol. The maximum absolute atomic E-state index is 6.24. The highest BCUT2D eigenvalue weighted by Gasteiger charge is 2.39. The average Bonchev–Trinajstić information content (AvgIpc) is 2.49. The molecule has 1 spiro atoms. The van der Waals surface area contributed by atoms with E-state index in [9.17, 15) is 0 Å². The third-order valence-corrected chi connectivity index (χ3v) is 5.80. The normalized spacial score (nSPS) is 34.5. The lowest BCUT2D eigenvalue weighted by Crippen LogP contribution is -2.50. The molecule has 0 aromatic carbocycles. The van der Waals surface area contributed by atoms with Crippen LogP contribution >= 0.6 is 0 Å². The van der Waals surface area contributed by atoms with Crippen LogP contribution in [0.2, 0.25) is 0 Å². The zero-order valence-corrected chi connectivity index (χ0v) is 13.2. The highest BCUT2D eigenvalue weighted by molar-refractivity contribution is 4.92. The predicted octanol–water partition coefficient (Wildman–Crippen LogP) is 2.80. The molecule has 3 nitrogen and oxygen atoms in total. The van der Waals surface area contributed by atoms with E-state index in [0.29, 0.717) is 0 Å². The van der Waals surface area contributed by atoms with E-state index in [1.165, 1.54) is 77.4 Å². The number of nitrogens with zero attached hydrogens (tertiary/aromatic N) is 1. The summed E-state index contributed by atoms with van der Waals surface area (Å²) in [7, 11) is 2.35. The van der Waals surface area contributed by atoms with Crippen LogP contribution in [0.4, 0.5) is 0 Å². The minimum atomic E-state index is 0.250. The Balaban J connectivity index is 1.52. The Morgan fingerprint density at radius 2 is 2.00 bits per heavy atom. The van der Waals surface area contributed by atoms with Gasteiger partial charge >= 0.3 is 0 Å². The van der Waals surface area contributed by atoms with E-state index in [0.717, 1.165) is 18.6 Å². The fourth-order valence-corrected chi connectivity index (χ4v) is 4.56. The summed E-state index contributed by atoms with van der Waals surface area (Å²) in [5, 5.41) is 3.55. The van der Waals surface area contributed by atoms with Crippen molar-refractivity contribution in [3.05, 3.63) is 0 Å². The number of piperidine rings is 1. The first-order chi connectivity index (χ1) is 9.77. The van der Waals surface area contributed by atoms with E-state index in [1.54, 1.807) is 0 Å². The van der Waals surface area contributed by atoms with Crippen LogP contribution in [-0.2, 0) is 4.74 Å². The minimum absolute atomic E-state index is 0.250. The third-order valence-electron chi connectivity index (χ3n) is 5.80. The van der Waals surface area contributed by atoms with Crippen LogP contribution in [0.25, 0.3) is 0 Å². The number of nitrogens with one attached hydrogen (secondary N) is 1. The molecule has 116 valence electrons. The standard InChI is InChI=1S/C17H32N2O/c1-19(14-15-6-5-10-18-13-15)16-7-11-20-17(12-16)8-3-2-4-9-17/h15-16,18H,2-14H2,1H3. The van der Waals surface area contributed by atoms with Gasteiger partial charge in [-0.2, -0.15) is 0 Å². The molecule has 2 heterocycles. The van der Waals surface area contributed by atoms with Crippen molar-refractivity contribution in [3.8, 4) is 0 Å². The minimum Gasteiger partial charge on any atom is -0.375 e. The second kappa shape index (κ2) is 6.76. The van der Waals surface area contributed by atoms with Crippen LogP contribution in [0, 0.1) is 5.92 Å². The lowest BCUT2D eigenvalue weighted by molar-refractivity contribution is -0.123. The summed E-state index contributed by atoms with van der Waals surface area (Å²) in [5.41, 5.74) is 0.250. The average molecular weight is 280 g/mol. The molecule has 3 fully saturated rings. The summed E-state index contributed by atoms with van der Waals surface area (Å²) < 4.78 is 6.24. The first-order valence-corrected chi connectivity index (χ1v) is 8.82. The van der Waals surface area contributed by atoms with Crippen LogP contribution < -0.4 is 5.32 Å². The second-order valence-electron chi connectivity index (χ2n) is 7.39. The van der Waals surface area contributed by atoms with Gasteiger partial charge in [0.15, 0.2) is 0 Å². The van der Waals surface area contributed by atoms with E-state index >= 15 is 0 Å². The summed E-state index contributed by atoms with van der Waals surface area (Å²) in [6, 6.07) is 0.753. The molecule has 0 aromatic heterocycles. The van der Waals surface area contributed by atoms with E-state index in [2.05, 4.69) is 17.3 Å². The summed E-state index contributed by atoms with van der Waals surface area (Å²) >= 11 is 0. The quantitative estimate of drug-likeness (QED) is 0.860. The van der Waals surface area contributed by atoms with Crippen molar-refractivity contribution < 1.29 is 4.74 Å². The molecule has 3 rings (SSSR count). The van der Waals surface area contributed by atoms with Crippen molar-refractivity contribution >= 4 is 0 Å². The van der Waals surface area contributed by atoms with Gasteiger partial charge in [-0.3, -0.25) is 0 Å². The summed E-state index contributed by atoms with van der Waals surface area (Å²) in [6.45, 7) is 4.70. The van der Waals surface area contributed by atoms with Gasteiger partial charge < -0.3 is 15.0 Å². The van der Waals surface area contributed by atoms with E-state index < -0.39 is 0 Å². The molecule has 1 N–H and O–H groups in total. The van der Waals surface area contributed by atoms with Crippen molar-refractivity contribution in [3.63, 3.8) is 0 Å². The van der Waals surface area contributed by atoms with Gasteiger partial charge in [-0.1, -0.05) is 19.3 Å². The fourth-order valence-electron chi connectivity index (χ4n) is 4.56. The Morgan fingerprint density at radius 1 is 1.15 bits per heavy atom. The van der Waals surface area contributed by atoms with Gasteiger partial charge in [0.05, 0.1) is 5.60 Å². The molecule has 2 unspecified atom stereocenters. The molecule has 0 bridgehead atoms. The highest BCUT2D eigenvalue weighted by atomic mass is 16.5. The summed E-state index contributed by atoms with van der Waals surface area (Å²) in [6.07, 6.45) is 12.1. The van der Waals surface area contributed by atoms with Crippen LogP contribution in [0.3, 0.4) is 0 Å². The smallest absolute Gasteiger partial charge is 0.0697 e. The third kappa shape index (κ3) is 3.55. The molecule has 20 heavy (non-hydrogen) atoms. The number of hydrogen-bond acceptors (Lipinski definition) is 3. The van der Waals surface area contributed by atoms with Gasteiger partial charge in [-0.05, 0) is 64.6 Å². The zero-order chi connectivity index (χ0) is 13.8.